The van der Waals surface area contributed by atoms with Crippen LogP contribution in [0.5, 0.6) is 5.75 Å². The van der Waals surface area contributed by atoms with Gasteiger partial charge in [-0.3, -0.25) is 4.79 Å². The van der Waals surface area contributed by atoms with Gasteiger partial charge in [-0.05, 0) is 18.6 Å². The Labute approximate surface area is 154 Å². The molecule has 2 aromatic carbocycles. The fourth-order valence-electron chi connectivity index (χ4n) is 2.84. The molecule has 0 N–H and O–H groups in total. The van der Waals surface area contributed by atoms with Crippen molar-refractivity contribution in [1.82, 2.24) is 0 Å². The standard InChI is InChI=1S/C20H24ClO3P/c1-3-4-5-9-15-25(23,16-11-7-6-8-12-16)20(22)19-17(21)13-10-14-18(19)24-2/h6-8,10-14H,3-5,9,15H2,1-2H3. The maximum Gasteiger partial charge on any atom is 0.230 e. The molecule has 0 aromatic heterocycles. The lowest BCUT2D eigenvalue weighted by Crippen LogP contribution is -2.17. The molecule has 0 aliphatic carbocycles. The van der Waals surface area contributed by atoms with Crippen LogP contribution in [0.2, 0.25) is 5.02 Å². The smallest absolute Gasteiger partial charge is 0.230 e. The van der Waals surface area contributed by atoms with Gasteiger partial charge in [0.05, 0.1) is 17.7 Å². The minimum atomic E-state index is -3.30. The van der Waals surface area contributed by atoms with E-state index in [4.69, 9.17) is 16.3 Å². The summed E-state index contributed by atoms with van der Waals surface area (Å²) in [7, 11) is -1.81. The summed E-state index contributed by atoms with van der Waals surface area (Å²) < 4.78 is 19.1. The van der Waals surface area contributed by atoms with Crippen LogP contribution in [-0.4, -0.2) is 18.8 Å². The van der Waals surface area contributed by atoms with Crippen LogP contribution in [0.25, 0.3) is 0 Å². The zero-order valence-corrected chi connectivity index (χ0v) is 16.4. The molecule has 1 atom stereocenters. The number of hydrogen-bond donors (Lipinski definition) is 0. The number of rotatable bonds is 9. The molecule has 0 bridgehead atoms. The van der Waals surface area contributed by atoms with E-state index < -0.39 is 12.7 Å². The van der Waals surface area contributed by atoms with Crippen molar-refractivity contribution in [3.8, 4) is 5.75 Å². The predicted molar refractivity (Wildman–Crippen MR) is 105 cm³/mol. The van der Waals surface area contributed by atoms with Gasteiger partial charge in [-0.15, -0.1) is 0 Å². The SMILES string of the molecule is CCCCCCP(=O)(C(=O)c1c(Cl)cccc1OC)c1ccccc1. The Kier molecular flexibility index (Phi) is 7.28. The van der Waals surface area contributed by atoms with E-state index in [1.165, 1.54) is 7.11 Å². The molecule has 2 rings (SSSR count). The minimum absolute atomic E-state index is 0.217. The Morgan fingerprint density at radius 2 is 1.76 bits per heavy atom. The van der Waals surface area contributed by atoms with E-state index >= 15 is 0 Å². The highest BCUT2D eigenvalue weighted by molar-refractivity contribution is 7.87. The second-order valence-corrected chi connectivity index (χ2v) is 9.24. The van der Waals surface area contributed by atoms with Crippen LogP contribution in [0.1, 0.15) is 43.0 Å². The van der Waals surface area contributed by atoms with Crippen LogP contribution >= 0.6 is 18.7 Å². The fraction of sp³-hybridized carbons (Fsp3) is 0.350. The van der Waals surface area contributed by atoms with Crippen molar-refractivity contribution < 1.29 is 14.1 Å². The second-order valence-electron chi connectivity index (χ2n) is 5.98. The lowest BCUT2D eigenvalue weighted by atomic mass is 10.2. The van der Waals surface area contributed by atoms with Gasteiger partial charge >= 0.3 is 0 Å². The monoisotopic (exact) mass is 378 g/mol. The summed E-state index contributed by atoms with van der Waals surface area (Å²) in [5.41, 5.74) is -0.202. The highest BCUT2D eigenvalue weighted by Gasteiger charge is 2.36. The molecule has 0 amide bonds. The number of halogens is 1. The van der Waals surface area contributed by atoms with Crippen molar-refractivity contribution in [1.29, 1.82) is 0 Å². The molecule has 0 saturated carbocycles. The molecule has 2 aromatic rings. The molecule has 0 saturated heterocycles. The summed E-state index contributed by atoms with van der Waals surface area (Å²) in [6, 6.07) is 14.0. The van der Waals surface area contributed by atoms with Gasteiger partial charge < -0.3 is 9.30 Å². The van der Waals surface area contributed by atoms with E-state index in [1.807, 2.05) is 18.2 Å². The lowest BCUT2D eigenvalue weighted by Gasteiger charge is -2.19. The van der Waals surface area contributed by atoms with Gasteiger partial charge in [0.15, 0.2) is 7.14 Å². The first-order valence-electron chi connectivity index (χ1n) is 8.56. The molecule has 0 aliphatic heterocycles. The Morgan fingerprint density at radius 1 is 1.04 bits per heavy atom. The minimum Gasteiger partial charge on any atom is -0.496 e. The highest BCUT2D eigenvalue weighted by atomic mass is 35.5. The van der Waals surface area contributed by atoms with Gasteiger partial charge in [-0.25, -0.2) is 0 Å². The summed E-state index contributed by atoms with van der Waals surface area (Å²) in [6.07, 6.45) is 4.21. The highest BCUT2D eigenvalue weighted by Crippen LogP contribution is 2.51. The number of ether oxygens (including phenoxy) is 1. The van der Waals surface area contributed by atoms with Gasteiger partial charge in [0.2, 0.25) is 5.52 Å². The number of methoxy groups -OCH3 is 1. The van der Waals surface area contributed by atoms with E-state index in [-0.39, 0.29) is 10.6 Å². The first-order chi connectivity index (χ1) is 12.0. The molecule has 0 radical (unpaired) electrons. The number of carbonyl (C=O) groups is 1. The molecule has 134 valence electrons. The molecule has 3 nitrogen and oxygen atoms in total. The van der Waals surface area contributed by atoms with Crippen molar-refractivity contribution >= 4 is 29.6 Å². The van der Waals surface area contributed by atoms with Crippen LogP contribution in [-0.2, 0) is 4.57 Å². The molecular formula is C20H24ClO3P. The van der Waals surface area contributed by atoms with E-state index in [0.29, 0.717) is 17.2 Å². The lowest BCUT2D eigenvalue weighted by molar-refractivity contribution is 0.107. The number of unbranched alkanes of at least 4 members (excludes halogenated alkanes) is 3. The van der Waals surface area contributed by atoms with E-state index in [1.54, 1.807) is 30.3 Å². The Morgan fingerprint density at radius 3 is 2.40 bits per heavy atom. The summed E-state index contributed by atoms with van der Waals surface area (Å²) in [4.78, 5) is 13.3. The third-order valence-electron chi connectivity index (χ3n) is 4.24. The molecule has 25 heavy (non-hydrogen) atoms. The average molecular weight is 379 g/mol. The molecule has 5 heteroatoms. The van der Waals surface area contributed by atoms with E-state index in [9.17, 15) is 9.36 Å². The average Bonchev–Trinajstić information content (AvgIpc) is 2.65. The van der Waals surface area contributed by atoms with Crippen molar-refractivity contribution in [2.24, 2.45) is 0 Å². The number of hydrogen-bond acceptors (Lipinski definition) is 3. The maximum absolute atomic E-state index is 13.8. The maximum atomic E-state index is 13.8. The topological polar surface area (TPSA) is 43.4 Å². The van der Waals surface area contributed by atoms with Crippen molar-refractivity contribution in [3.63, 3.8) is 0 Å². The van der Waals surface area contributed by atoms with Gasteiger partial charge in [-0.1, -0.05) is 74.2 Å². The van der Waals surface area contributed by atoms with Crippen molar-refractivity contribution in [2.45, 2.75) is 32.6 Å². The third-order valence-corrected chi connectivity index (χ3v) is 7.51. The van der Waals surface area contributed by atoms with Crippen LogP contribution in [0.3, 0.4) is 0 Å². The quantitative estimate of drug-likeness (QED) is 0.411. The third kappa shape index (κ3) is 4.54. The summed E-state index contributed by atoms with van der Waals surface area (Å²) >= 11 is 6.26. The van der Waals surface area contributed by atoms with Crippen LogP contribution in [0.4, 0.5) is 0 Å². The van der Waals surface area contributed by atoms with E-state index in [0.717, 1.165) is 25.7 Å². The normalized spacial score (nSPS) is 13.2. The Balaban J connectivity index is 2.45. The second kappa shape index (κ2) is 9.22. The first kappa shape index (κ1) is 19.8. The predicted octanol–water partition coefficient (Wildman–Crippen LogP) is 5.76. The van der Waals surface area contributed by atoms with Gasteiger partial charge in [0.1, 0.15) is 5.75 Å². The molecule has 0 spiro atoms. The van der Waals surface area contributed by atoms with Gasteiger partial charge in [-0.2, -0.15) is 0 Å². The zero-order chi connectivity index (χ0) is 18.3. The van der Waals surface area contributed by atoms with E-state index in [2.05, 4.69) is 6.92 Å². The molecule has 0 aliphatic rings. The molecular weight excluding hydrogens is 355 g/mol. The van der Waals surface area contributed by atoms with Crippen LogP contribution < -0.4 is 10.0 Å². The number of benzene rings is 2. The molecule has 1 unspecified atom stereocenters. The molecule has 0 fully saturated rings. The Hall–Kier alpha value is -1.57. The molecule has 0 heterocycles. The van der Waals surface area contributed by atoms with Gasteiger partial charge in [0.25, 0.3) is 0 Å². The van der Waals surface area contributed by atoms with Crippen LogP contribution in [0.15, 0.2) is 48.5 Å². The Bertz CT molecular complexity index is 759. The summed E-state index contributed by atoms with van der Waals surface area (Å²) in [5, 5.41) is 0.854. The van der Waals surface area contributed by atoms with Gasteiger partial charge in [0, 0.05) is 11.5 Å². The summed E-state index contributed by atoms with van der Waals surface area (Å²) in [6.45, 7) is 2.12. The fourth-order valence-corrected chi connectivity index (χ4v) is 5.77. The largest absolute Gasteiger partial charge is 0.496 e. The van der Waals surface area contributed by atoms with Crippen LogP contribution in [0, 0.1) is 0 Å². The zero-order valence-electron chi connectivity index (χ0n) is 14.7. The van der Waals surface area contributed by atoms with Crippen molar-refractivity contribution in [2.75, 3.05) is 13.3 Å². The summed E-state index contributed by atoms with van der Waals surface area (Å²) in [5.74, 6) is 0.363. The number of carbonyl (C=O) groups excluding carboxylic acids is 1. The van der Waals surface area contributed by atoms with Crippen molar-refractivity contribution in [3.05, 3.63) is 59.1 Å². The first-order valence-corrected chi connectivity index (χ1v) is 10.8.